The van der Waals surface area contributed by atoms with Gasteiger partial charge >= 0.3 is 5.97 Å². The van der Waals surface area contributed by atoms with Crippen molar-refractivity contribution in [3.05, 3.63) is 23.8 Å². The van der Waals surface area contributed by atoms with Gasteiger partial charge in [0.05, 0.1) is 7.11 Å². The Balaban J connectivity index is 2.19. The van der Waals surface area contributed by atoms with Crippen LogP contribution in [0.3, 0.4) is 0 Å². The van der Waals surface area contributed by atoms with Crippen molar-refractivity contribution in [1.29, 1.82) is 0 Å². The summed E-state index contributed by atoms with van der Waals surface area (Å²) in [4.78, 5) is 13.2. The molecular weight excluding hydrogens is 274 g/mol. The molecule has 6 nitrogen and oxygen atoms in total. The van der Waals surface area contributed by atoms with Crippen LogP contribution >= 0.6 is 0 Å². The molecule has 0 aliphatic carbocycles. The van der Waals surface area contributed by atoms with Gasteiger partial charge in [0.25, 0.3) is 0 Å². The predicted octanol–water partition coefficient (Wildman–Crippen LogP) is 1.29. The highest BCUT2D eigenvalue weighted by Gasteiger charge is 2.25. The Hall–Kier alpha value is -1.79. The fourth-order valence-corrected chi connectivity index (χ4v) is 2.47. The second-order valence-electron chi connectivity index (χ2n) is 5.24. The van der Waals surface area contributed by atoms with Gasteiger partial charge < -0.3 is 24.6 Å². The SMILES string of the molecule is COc1c(OC2CCN(C)CC2)cccc1C(O)C(=O)O. The summed E-state index contributed by atoms with van der Waals surface area (Å²) in [6.45, 7) is 1.93. The first kappa shape index (κ1) is 15.6. The van der Waals surface area contributed by atoms with Crippen molar-refractivity contribution in [1.82, 2.24) is 4.90 Å². The van der Waals surface area contributed by atoms with Crippen molar-refractivity contribution in [3.63, 3.8) is 0 Å². The molecule has 0 saturated carbocycles. The Morgan fingerprint density at radius 1 is 1.38 bits per heavy atom. The number of nitrogens with zero attached hydrogens (tertiary/aromatic N) is 1. The molecule has 1 aliphatic heterocycles. The molecule has 2 N–H and O–H groups in total. The molecule has 1 aromatic rings. The lowest BCUT2D eigenvalue weighted by Gasteiger charge is -2.30. The summed E-state index contributed by atoms with van der Waals surface area (Å²) >= 11 is 0. The Morgan fingerprint density at radius 2 is 2.05 bits per heavy atom. The quantitative estimate of drug-likeness (QED) is 0.852. The number of hydrogen-bond acceptors (Lipinski definition) is 5. The molecule has 116 valence electrons. The summed E-state index contributed by atoms with van der Waals surface area (Å²) in [5, 5.41) is 18.7. The number of aliphatic hydroxyl groups excluding tert-OH is 1. The van der Waals surface area contributed by atoms with E-state index in [4.69, 9.17) is 14.6 Å². The highest BCUT2D eigenvalue weighted by Crippen LogP contribution is 2.36. The third-order valence-electron chi connectivity index (χ3n) is 3.70. The number of aliphatic hydroxyl groups is 1. The smallest absolute Gasteiger partial charge is 0.337 e. The van der Waals surface area contributed by atoms with Crippen LogP contribution in [-0.4, -0.2) is 54.4 Å². The molecule has 1 unspecified atom stereocenters. The zero-order chi connectivity index (χ0) is 15.4. The molecule has 2 rings (SSSR count). The van der Waals surface area contributed by atoms with Gasteiger partial charge in [-0.25, -0.2) is 4.79 Å². The predicted molar refractivity (Wildman–Crippen MR) is 76.7 cm³/mol. The summed E-state index contributed by atoms with van der Waals surface area (Å²) in [6, 6.07) is 4.92. The van der Waals surface area contributed by atoms with Crippen molar-refractivity contribution < 1.29 is 24.5 Å². The van der Waals surface area contributed by atoms with Crippen LogP contribution in [-0.2, 0) is 4.79 Å². The van der Waals surface area contributed by atoms with E-state index in [1.807, 2.05) is 0 Å². The monoisotopic (exact) mass is 295 g/mol. The molecule has 1 aliphatic rings. The fourth-order valence-electron chi connectivity index (χ4n) is 2.47. The van der Waals surface area contributed by atoms with Gasteiger partial charge in [0, 0.05) is 18.7 Å². The summed E-state index contributed by atoms with van der Waals surface area (Å²) in [6.07, 6.45) is 0.268. The van der Waals surface area contributed by atoms with E-state index in [9.17, 15) is 9.90 Å². The van der Waals surface area contributed by atoms with Crippen molar-refractivity contribution >= 4 is 5.97 Å². The summed E-state index contributed by atoms with van der Waals surface area (Å²) in [5.41, 5.74) is 0.204. The Kier molecular flexibility index (Phi) is 5.03. The van der Waals surface area contributed by atoms with E-state index >= 15 is 0 Å². The number of methoxy groups -OCH3 is 1. The highest BCUT2D eigenvalue weighted by molar-refractivity contribution is 5.75. The number of ether oxygens (including phenoxy) is 2. The topological polar surface area (TPSA) is 79.2 Å². The zero-order valence-corrected chi connectivity index (χ0v) is 12.3. The van der Waals surface area contributed by atoms with E-state index in [0.29, 0.717) is 5.75 Å². The second-order valence-corrected chi connectivity index (χ2v) is 5.24. The van der Waals surface area contributed by atoms with Gasteiger partial charge in [-0.2, -0.15) is 0 Å². The van der Waals surface area contributed by atoms with Crippen molar-refractivity contribution in [2.75, 3.05) is 27.2 Å². The molecule has 1 aromatic carbocycles. The van der Waals surface area contributed by atoms with Crippen LogP contribution in [0.5, 0.6) is 11.5 Å². The molecule has 0 bridgehead atoms. The van der Waals surface area contributed by atoms with Crippen molar-refractivity contribution in [2.24, 2.45) is 0 Å². The first-order valence-electron chi connectivity index (χ1n) is 6.96. The van der Waals surface area contributed by atoms with Crippen LogP contribution in [0.25, 0.3) is 0 Å². The minimum Gasteiger partial charge on any atom is -0.492 e. The summed E-state index contributed by atoms with van der Waals surface area (Å²) in [5.74, 6) is -0.555. The number of carboxylic acid groups (broad SMARTS) is 1. The fraction of sp³-hybridized carbons (Fsp3) is 0.533. The maximum Gasteiger partial charge on any atom is 0.337 e. The average Bonchev–Trinajstić information content (AvgIpc) is 2.48. The molecular formula is C15H21NO5. The molecule has 0 spiro atoms. The number of benzene rings is 1. The van der Waals surface area contributed by atoms with E-state index in [1.165, 1.54) is 13.2 Å². The van der Waals surface area contributed by atoms with Crippen LogP contribution in [0.4, 0.5) is 0 Å². The molecule has 21 heavy (non-hydrogen) atoms. The minimum atomic E-state index is -1.62. The number of carbonyl (C=O) groups is 1. The minimum absolute atomic E-state index is 0.0762. The number of para-hydroxylation sites is 1. The highest BCUT2D eigenvalue weighted by atomic mass is 16.5. The number of likely N-dealkylation sites (tertiary alicyclic amines) is 1. The molecule has 0 aromatic heterocycles. The molecule has 6 heteroatoms. The third-order valence-corrected chi connectivity index (χ3v) is 3.70. The summed E-state index contributed by atoms with van der Waals surface area (Å²) < 4.78 is 11.2. The Bertz CT molecular complexity index is 497. The maximum absolute atomic E-state index is 11.0. The number of carboxylic acids is 1. The van der Waals surface area contributed by atoms with E-state index in [0.717, 1.165) is 25.9 Å². The average molecular weight is 295 g/mol. The van der Waals surface area contributed by atoms with Gasteiger partial charge in [0.15, 0.2) is 17.6 Å². The van der Waals surface area contributed by atoms with Gasteiger partial charge in [-0.1, -0.05) is 12.1 Å². The zero-order valence-electron chi connectivity index (χ0n) is 12.3. The van der Waals surface area contributed by atoms with Crippen molar-refractivity contribution in [2.45, 2.75) is 25.0 Å². The van der Waals surface area contributed by atoms with Crippen LogP contribution < -0.4 is 9.47 Å². The molecule has 0 radical (unpaired) electrons. The largest absolute Gasteiger partial charge is 0.492 e. The maximum atomic E-state index is 11.0. The Morgan fingerprint density at radius 3 is 2.62 bits per heavy atom. The number of hydrogen-bond donors (Lipinski definition) is 2. The normalized spacial score (nSPS) is 18.2. The number of rotatable bonds is 5. The molecule has 1 saturated heterocycles. The number of aliphatic carboxylic acids is 1. The summed E-state index contributed by atoms with van der Waals surface area (Å²) in [7, 11) is 3.51. The molecule has 1 heterocycles. The van der Waals surface area contributed by atoms with Gasteiger partial charge in [0.2, 0.25) is 0 Å². The third kappa shape index (κ3) is 3.65. The molecule has 0 amide bonds. The first-order chi connectivity index (χ1) is 10.0. The lowest BCUT2D eigenvalue weighted by Crippen LogP contribution is -2.35. The van der Waals surface area contributed by atoms with Gasteiger partial charge in [0.1, 0.15) is 6.10 Å². The van der Waals surface area contributed by atoms with Crippen LogP contribution in [0.2, 0.25) is 0 Å². The van der Waals surface area contributed by atoms with E-state index < -0.39 is 12.1 Å². The van der Waals surface area contributed by atoms with Crippen LogP contribution in [0.15, 0.2) is 18.2 Å². The van der Waals surface area contributed by atoms with Gasteiger partial charge in [-0.05, 0) is 26.0 Å². The second kappa shape index (κ2) is 6.78. The molecule has 1 atom stereocenters. The number of piperidine rings is 1. The van der Waals surface area contributed by atoms with Gasteiger partial charge in [-0.15, -0.1) is 0 Å². The Labute approximate surface area is 123 Å². The van der Waals surface area contributed by atoms with E-state index in [1.54, 1.807) is 12.1 Å². The lowest BCUT2D eigenvalue weighted by molar-refractivity contribution is -0.147. The van der Waals surface area contributed by atoms with Crippen LogP contribution in [0, 0.1) is 0 Å². The van der Waals surface area contributed by atoms with Crippen molar-refractivity contribution in [3.8, 4) is 11.5 Å². The first-order valence-corrected chi connectivity index (χ1v) is 6.96. The lowest BCUT2D eigenvalue weighted by atomic mass is 10.1. The van der Waals surface area contributed by atoms with Gasteiger partial charge in [-0.3, -0.25) is 0 Å². The standard InChI is InChI=1S/C15H21NO5/c1-16-8-6-10(7-9-16)21-12-5-3-4-11(14(12)20-2)13(17)15(18)19/h3-5,10,13,17H,6-9H2,1-2H3,(H,18,19). The van der Waals surface area contributed by atoms with Crippen LogP contribution in [0.1, 0.15) is 24.5 Å². The van der Waals surface area contributed by atoms with E-state index in [2.05, 4.69) is 11.9 Å². The molecule has 1 fully saturated rings. The van der Waals surface area contributed by atoms with E-state index in [-0.39, 0.29) is 17.4 Å².